The van der Waals surface area contributed by atoms with Crippen molar-refractivity contribution in [1.82, 2.24) is 24.6 Å². The number of amides is 2. The van der Waals surface area contributed by atoms with Gasteiger partial charge in [-0.1, -0.05) is 29.3 Å². The van der Waals surface area contributed by atoms with Crippen LogP contribution in [-0.2, 0) is 23.4 Å². The van der Waals surface area contributed by atoms with Crippen LogP contribution in [-0.4, -0.2) is 65.1 Å². The first-order chi connectivity index (χ1) is 18.8. The average Bonchev–Trinajstić information content (AvgIpc) is 3.27. The van der Waals surface area contributed by atoms with Gasteiger partial charge in [0.05, 0.1) is 46.2 Å². The molecule has 40 heavy (non-hydrogen) atoms. The normalized spacial score (nSPS) is 19.7. The fourth-order valence-corrected chi connectivity index (χ4v) is 5.55. The lowest BCUT2D eigenvalue weighted by Gasteiger charge is -2.37. The number of aliphatic carboxylic acids is 1. The summed E-state index contributed by atoms with van der Waals surface area (Å²) in [5.41, 5.74) is 1.74. The topological polar surface area (TPSA) is 129 Å². The second-order valence-corrected chi connectivity index (χ2v) is 11.7. The predicted molar refractivity (Wildman–Crippen MR) is 147 cm³/mol. The first-order valence-corrected chi connectivity index (χ1v) is 13.6. The summed E-state index contributed by atoms with van der Waals surface area (Å²) in [5.74, 6) is -1.78. The lowest BCUT2D eigenvalue weighted by molar-refractivity contribution is -0.142. The van der Waals surface area contributed by atoms with Gasteiger partial charge in [-0.3, -0.25) is 14.6 Å². The minimum absolute atomic E-state index is 0.0870. The molecule has 0 spiro atoms. The monoisotopic (exact) mass is 585 g/mol. The standard InChI is InChI=1S/C28H29Cl2N5O5/c1-14-9-22-18(12-33(14)25(36)16-5-7-19(29)20(30)10-16)24-26(37)34(13-23(27(38)39)35(24)32-22)15(2)21-8-6-17(11-31-21)28(3,4)40/h5-8,10-11,14-15,23,40H,9,12-13H2,1-4H3,(H,38,39)/t14-,15?,23+/m1/s1. The maximum absolute atomic E-state index is 13.9. The van der Waals surface area contributed by atoms with Gasteiger partial charge in [0.15, 0.2) is 6.04 Å². The minimum atomic E-state index is -1.12. The summed E-state index contributed by atoms with van der Waals surface area (Å²) in [6.07, 6.45) is 1.91. The molecule has 1 unspecified atom stereocenters. The van der Waals surface area contributed by atoms with E-state index in [-0.39, 0.29) is 41.7 Å². The van der Waals surface area contributed by atoms with Crippen LogP contribution in [0.5, 0.6) is 0 Å². The molecule has 2 aromatic heterocycles. The van der Waals surface area contributed by atoms with E-state index in [0.29, 0.717) is 39.5 Å². The highest BCUT2D eigenvalue weighted by Crippen LogP contribution is 2.36. The van der Waals surface area contributed by atoms with E-state index in [1.807, 2.05) is 6.92 Å². The number of aromatic nitrogens is 3. The summed E-state index contributed by atoms with van der Waals surface area (Å²) in [4.78, 5) is 47.3. The average molecular weight is 586 g/mol. The van der Waals surface area contributed by atoms with Crippen molar-refractivity contribution in [1.29, 1.82) is 0 Å². The van der Waals surface area contributed by atoms with Crippen LogP contribution in [0.4, 0.5) is 0 Å². The van der Waals surface area contributed by atoms with Crippen LogP contribution < -0.4 is 0 Å². The fraction of sp³-hybridized carbons (Fsp3) is 0.393. The number of pyridine rings is 1. The van der Waals surface area contributed by atoms with Crippen LogP contribution in [0.2, 0.25) is 10.0 Å². The summed E-state index contributed by atoms with van der Waals surface area (Å²) in [6, 6.07) is 6.21. The largest absolute Gasteiger partial charge is 0.480 e. The molecule has 12 heteroatoms. The second kappa shape index (κ2) is 10.2. The van der Waals surface area contributed by atoms with Crippen molar-refractivity contribution in [2.75, 3.05) is 6.54 Å². The molecule has 2 aliphatic rings. The number of carboxylic acid groups (broad SMARTS) is 1. The number of hydrogen-bond donors (Lipinski definition) is 2. The molecule has 0 saturated carbocycles. The highest BCUT2D eigenvalue weighted by molar-refractivity contribution is 6.42. The van der Waals surface area contributed by atoms with Crippen molar-refractivity contribution in [3.05, 3.63) is 80.3 Å². The Labute approximate surface area is 241 Å². The molecule has 2 N–H and O–H groups in total. The van der Waals surface area contributed by atoms with E-state index in [0.717, 1.165) is 0 Å². The summed E-state index contributed by atoms with van der Waals surface area (Å²) < 4.78 is 1.29. The molecule has 1 aromatic carbocycles. The molecule has 0 fully saturated rings. The predicted octanol–water partition coefficient (Wildman–Crippen LogP) is 4.24. The molecule has 0 bridgehead atoms. The molecule has 2 aliphatic heterocycles. The van der Waals surface area contributed by atoms with Crippen molar-refractivity contribution in [2.24, 2.45) is 0 Å². The maximum Gasteiger partial charge on any atom is 0.330 e. The first-order valence-electron chi connectivity index (χ1n) is 12.9. The third kappa shape index (κ3) is 4.84. The van der Waals surface area contributed by atoms with E-state index in [1.54, 1.807) is 56.1 Å². The van der Waals surface area contributed by atoms with E-state index < -0.39 is 23.7 Å². The zero-order chi connectivity index (χ0) is 29.1. The zero-order valence-corrected chi connectivity index (χ0v) is 23.9. The van der Waals surface area contributed by atoms with Gasteiger partial charge in [0.2, 0.25) is 0 Å². The fourth-order valence-electron chi connectivity index (χ4n) is 5.25. The van der Waals surface area contributed by atoms with Crippen molar-refractivity contribution in [3.8, 4) is 0 Å². The quantitative estimate of drug-likeness (QED) is 0.458. The number of fused-ring (bicyclic) bond motifs is 3. The van der Waals surface area contributed by atoms with Gasteiger partial charge in [-0.25, -0.2) is 9.48 Å². The highest BCUT2D eigenvalue weighted by atomic mass is 35.5. The molecule has 10 nitrogen and oxygen atoms in total. The summed E-state index contributed by atoms with van der Waals surface area (Å²) in [7, 11) is 0. The van der Waals surface area contributed by atoms with E-state index in [2.05, 4.69) is 10.1 Å². The molecule has 210 valence electrons. The van der Waals surface area contributed by atoms with Gasteiger partial charge >= 0.3 is 5.97 Å². The Balaban J connectivity index is 1.50. The zero-order valence-electron chi connectivity index (χ0n) is 22.4. The number of benzene rings is 1. The van der Waals surface area contributed by atoms with Gasteiger partial charge in [-0.15, -0.1) is 0 Å². The van der Waals surface area contributed by atoms with Gasteiger partial charge in [0.25, 0.3) is 11.8 Å². The maximum atomic E-state index is 13.9. The molecule has 0 aliphatic carbocycles. The van der Waals surface area contributed by atoms with Crippen molar-refractivity contribution < 1.29 is 24.6 Å². The third-order valence-corrected chi connectivity index (χ3v) is 8.41. The van der Waals surface area contributed by atoms with Gasteiger partial charge in [0.1, 0.15) is 5.69 Å². The first kappa shape index (κ1) is 28.1. The molecule has 3 aromatic rings. The number of nitrogens with zero attached hydrogens (tertiary/aromatic N) is 5. The van der Waals surface area contributed by atoms with Crippen LogP contribution in [0.15, 0.2) is 36.5 Å². The Morgan fingerprint density at radius 1 is 1.15 bits per heavy atom. The molecular weight excluding hydrogens is 557 g/mol. The molecule has 0 radical (unpaired) electrons. The second-order valence-electron chi connectivity index (χ2n) is 10.9. The van der Waals surface area contributed by atoms with Gasteiger partial charge in [-0.05, 0) is 52.0 Å². The Morgan fingerprint density at radius 3 is 2.48 bits per heavy atom. The molecule has 5 rings (SSSR count). The third-order valence-electron chi connectivity index (χ3n) is 7.67. The van der Waals surface area contributed by atoms with Crippen molar-refractivity contribution in [2.45, 2.75) is 64.4 Å². The van der Waals surface area contributed by atoms with Crippen LogP contribution in [0.1, 0.15) is 83.1 Å². The van der Waals surface area contributed by atoms with Crippen LogP contribution in [0, 0.1) is 0 Å². The highest BCUT2D eigenvalue weighted by Gasteiger charge is 2.44. The number of hydrogen-bond acceptors (Lipinski definition) is 6. The van der Waals surface area contributed by atoms with E-state index >= 15 is 0 Å². The lowest BCUT2D eigenvalue weighted by Crippen LogP contribution is -2.48. The summed E-state index contributed by atoms with van der Waals surface area (Å²) in [6.45, 7) is 6.95. The Bertz CT molecular complexity index is 1510. The van der Waals surface area contributed by atoms with E-state index in [1.165, 1.54) is 15.6 Å². The van der Waals surface area contributed by atoms with Crippen LogP contribution in [0.3, 0.4) is 0 Å². The van der Waals surface area contributed by atoms with E-state index in [9.17, 15) is 24.6 Å². The molecular formula is C28H29Cl2N5O5. The summed E-state index contributed by atoms with van der Waals surface area (Å²) in [5, 5.41) is 25.5. The van der Waals surface area contributed by atoms with Crippen LogP contribution in [0.25, 0.3) is 0 Å². The van der Waals surface area contributed by atoms with E-state index in [4.69, 9.17) is 23.2 Å². The molecule has 3 atom stereocenters. The van der Waals surface area contributed by atoms with Crippen molar-refractivity contribution >= 4 is 41.0 Å². The van der Waals surface area contributed by atoms with Gasteiger partial charge < -0.3 is 20.0 Å². The van der Waals surface area contributed by atoms with Crippen molar-refractivity contribution in [3.63, 3.8) is 0 Å². The smallest absolute Gasteiger partial charge is 0.330 e. The van der Waals surface area contributed by atoms with Crippen LogP contribution >= 0.6 is 23.2 Å². The SMILES string of the molecule is CC(c1ccc(C(C)(C)O)cn1)N1C[C@@H](C(=O)O)n2nc3c(c2C1=O)CN(C(=O)c1ccc(Cl)c(Cl)c1)[C@H](C)C3. The Hall–Kier alpha value is -3.47. The Kier molecular flexibility index (Phi) is 7.14. The van der Waals surface area contributed by atoms with Gasteiger partial charge in [0, 0.05) is 35.3 Å². The molecule has 2 amide bonds. The number of carbonyl (C=O) groups excluding carboxylic acids is 2. The summed E-state index contributed by atoms with van der Waals surface area (Å²) >= 11 is 12.2. The number of carboxylic acids is 1. The minimum Gasteiger partial charge on any atom is -0.480 e. The molecule has 0 saturated heterocycles. The Morgan fingerprint density at radius 2 is 1.88 bits per heavy atom. The number of halogens is 2. The number of carbonyl (C=O) groups is 3. The van der Waals surface area contributed by atoms with Gasteiger partial charge in [-0.2, -0.15) is 5.10 Å². The molecule has 4 heterocycles. The number of aliphatic hydroxyl groups is 1. The number of rotatable bonds is 5. The lowest BCUT2D eigenvalue weighted by atomic mass is 9.96.